The molecule has 0 radical (unpaired) electrons. The van der Waals surface area contributed by atoms with E-state index in [1.807, 2.05) is 18.9 Å². The Morgan fingerprint density at radius 1 is 1.27 bits per heavy atom. The summed E-state index contributed by atoms with van der Waals surface area (Å²) in [6.45, 7) is 12.1. The second-order valence-electron chi connectivity index (χ2n) is 4.64. The summed E-state index contributed by atoms with van der Waals surface area (Å²) in [5.74, 6) is 0.804. The maximum atomic E-state index is 12.0. The molecule has 3 nitrogen and oxygen atoms in total. The Bertz CT molecular complexity index is 192. The van der Waals surface area contributed by atoms with Crippen molar-refractivity contribution in [2.75, 3.05) is 20.1 Å². The third-order valence-electron chi connectivity index (χ3n) is 3.05. The van der Waals surface area contributed by atoms with Crippen molar-refractivity contribution in [3.8, 4) is 0 Å². The number of carbonyl (C=O) groups is 1. The molecule has 0 saturated heterocycles. The molecule has 0 saturated carbocycles. The van der Waals surface area contributed by atoms with E-state index in [-0.39, 0.29) is 11.8 Å². The minimum absolute atomic E-state index is 0.0659. The zero-order chi connectivity index (χ0) is 12.0. The van der Waals surface area contributed by atoms with Crippen molar-refractivity contribution >= 4 is 5.91 Å². The summed E-state index contributed by atoms with van der Waals surface area (Å²) in [5, 5.41) is 3.20. The quantitative estimate of drug-likeness (QED) is 0.730. The van der Waals surface area contributed by atoms with Crippen molar-refractivity contribution in [3.63, 3.8) is 0 Å². The molecule has 0 heterocycles. The third-order valence-corrected chi connectivity index (χ3v) is 3.05. The van der Waals surface area contributed by atoms with Crippen LogP contribution >= 0.6 is 0 Å². The van der Waals surface area contributed by atoms with E-state index < -0.39 is 0 Å². The molecule has 0 bridgehead atoms. The first-order valence-electron chi connectivity index (χ1n) is 5.89. The number of hydrogen-bond donors (Lipinski definition) is 1. The minimum atomic E-state index is 0.0659. The van der Waals surface area contributed by atoms with E-state index in [4.69, 9.17) is 0 Å². The second-order valence-corrected chi connectivity index (χ2v) is 4.64. The lowest BCUT2D eigenvalue weighted by molar-refractivity contribution is -0.136. The van der Waals surface area contributed by atoms with Gasteiger partial charge in [-0.2, -0.15) is 0 Å². The second kappa shape index (κ2) is 6.83. The van der Waals surface area contributed by atoms with E-state index in [0.717, 1.165) is 13.1 Å². The van der Waals surface area contributed by atoms with Gasteiger partial charge < -0.3 is 10.2 Å². The lowest BCUT2D eigenvalue weighted by Gasteiger charge is -2.30. The van der Waals surface area contributed by atoms with Crippen LogP contribution in [-0.4, -0.2) is 37.0 Å². The number of hydrogen-bond acceptors (Lipinski definition) is 2. The zero-order valence-electron chi connectivity index (χ0n) is 11.0. The molecule has 2 unspecified atom stereocenters. The van der Waals surface area contributed by atoms with Gasteiger partial charge in [0, 0.05) is 25.6 Å². The highest BCUT2D eigenvalue weighted by molar-refractivity contribution is 5.78. The molecule has 1 N–H and O–H groups in total. The number of nitrogens with zero attached hydrogens (tertiary/aromatic N) is 1. The van der Waals surface area contributed by atoms with Crippen molar-refractivity contribution in [3.05, 3.63) is 0 Å². The van der Waals surface area contributed by atoms with E-state index in [1.54, 1.807) is 0 Å². The van der Waals surface area contributed by atoms with Crippen LogP contribution < -0.4 is 5.32 Å². The standard InChI is InChI=1S/C12H26N2O/c1-7-13-8-10(4)12(15)14(6)11(5)9(2)3/h9-11,13H,7-8H2,1-6H3. The molecule has 0 aromatic rings. The summed E-state index contributed by atoms with van der Waals surface area (Å²) in [6, 6.07) is 0.307. The Kier molecular flexibility index (Phi) is 6.57. The van der Waals surface area contributed by atoms with Gasteiger partial charge in [0.25, 0.3) is 0 Å². The summed E-state index contributed by atoms with van der Waals surface area (Å²) in [6.07, 6.45) is 0. The average molecular weight is 214 g/mol. The summed E-state index contributed by atoms with van der Waals surface area (Å²) < 4.78 is 0. The van der Waals surface area contributed by atoms with Crippen LogP contribution in [0, 0.1) is 11.8 Å². The van der Waals surface area contributed by atoms with E-state index in [2.05, 4.69) is 33.0 Å². The van der Waals surface area contributed by atoms with Gasteiger partial charge in [0.15, 0.2) is 0 Å². The fourth-order valence-electron chi connectivity index (χ4n) is 1.44. The van der Waals surface area contributed by atoms with Crippen molar-refractivity contribution in [1.29, 1.82) is 0 Å². The van der Waals surface area contributed by atoms with Crippen LogP contribution in [0.25, 0.3) is 0 Å². The van der Waals surface area contributed by atoms with Crippen LogP contribution in [0.15, 0.2) is 0 Å². The highest BCUT2D eigenvalue weighted by Crippen LogP contribution is 2.11. The maximum absolute atomic E-state index is 12.0. The monoisotopic (exact) mass is 214 g/mol. The summed E-state index contributed by atoms with van der Waals surface area (Å²) in [7, 11) is 1.90. The van der Waals surface area contributed by atoms with Crippen LogP contribution in [0.5, 0.6) is 0 Å². The van der Waals surface area contributed by atoms with Crippen molar-refractivity contribution < 1.29 is 4.79 Å². The molecule has 90 valence electrons. The summed E-state index contributed by atoms with van der Waals surface area (Å²) in [4.78, 5) is 13.8. The Balaban J connectivity index is 4.18. The smallest absolute Gasteiger partial charge is 0.226 e. The van der Waals surface area contributed by atoms with Crippen LogP contribution in [0.1, 0.15) is 34.6 Å². The van der Waals surface area contributed by atoms with Crippen LogP contribution in [-0.2, 0) is 4.79 Å². The molecule has 15 heavy (non-hydrogen) atoms. The first-order valence-corrected chi connectivity index (χ1v) is 5.89. The van der Waals surface area contributed by atoms with Gasteiger partial charge in [0.2, 0.25) is 5.91 Å². The molecule has 1 amide bonds. The van der Waals surface area contributed by atoms with Crippen LogP contribution in [0.3, 0.4) is 0 Å². The molecule has 2 atom stereocenters. The van der Waals surface area contributed by atoms with E-state index >= 15 is 0 Å². The Morgan fingerprint density at radius 3 is 2.20 bits per heavy atom. The van der Waals surface area contributed by atoms with Crippen molar-refractivity contribution in [1.82, 2.24) is 10.2 Å². The van der Waals surface area contributed by atoms with Gasteiger partial charge in [-0.25, -0.2) is 0 Å². The Labute approximate surface area is 94.2 Å². The van der Waals surface area contributed by atoms with Gasteiger partial charge in [-0.3, -0.25) is 4.79 Å². The number of amides is 1. The molecule has 0 aliphatic rings. The molecular formula is C12H26N2O. The van der Waals surface area contributed by atoms with E-state index in [0.29, 0.717) is 12.0 Å². The lowest BCUT2D eigenvalue weighted by atomic mass is 10.0. The minimum Gasteiger partial charge on any atom is -0.343 e. The fourth-order valence-corrected chi connectivity index (χ4v) is 1.44. The average Bonchev–Trinajstić information content (AvgIpc) is 2.22. The fraction of sp³-hybridized carbons (Fsp3) is 0.917. The molecule has 0 spiro atoms. The molecule has 0 aromatic carbocycles. The molecule has 3 heteroatoms. The topological polar surface area (TPSA) is 32.3 Å². The highest BCUT2D eigenvalue weighted by atomic mass is 16.2. The predicted molar refractivity (Wildman–Crippen MR) is 64.8 cm³/mol. The van der Waals surface area contributed by atoms with Crippen molar-refractivity contribution in [2.45, 2.75) is 40.7 Å². The van der Waals surface area contributed by atoms with Crippen molar-refractivity contribution in [2.24, 2.45) is 11.8 Å². The lowest BCUT2D eigenvalue weighted by Crippen LogP contribution is -2.43. The van der Waals surface area contributed by atoms with Gasteiger partial charge >= 0.3 is 0 Å². The first-order chi connectivity index (χ1) is 6.91. The largest absolute Gasteiger partial charge is 0.343 e. The number of carbonyl (C=O) groups excluding carboxylic acids is 1. The Morgan fingerprint density at radius 2 is 1.80 bits per heavy atom. The Hall–Kier alpha value is -0.570. The van der Waals surface area contributed by atoms with E-state index in [1.165, 1.54) is 0 Å². The van der Waals surface area contributed by atoms with Gasteiger partial charge in [-0.1, -0.05) is 27.7 Å². The van der Waals surface area contributed by atoms with Crippen LogP contribution in [0.4, 0.5) is 0 Å². The zero-order valence-corrected chi connectivity index (χ0v) is 11.0. The third kappa shape index (κ3) is 4.65. The SMILES string of the molecule is CCNCC(C)C(=O)N(C)C(C)C(C)C. The van der Waals surface area contributed by atoms with E-state index in [9.17, 15) is 4.79 Å². The molecule has 0 aromatic heterocycles. The van der Waals surface area contributed by atoms with Gasteiger partial charge in [-0.05, 0) is 19.4 Å². The van der Waals surface area contributed by atoms with Gasteiger partial charge in [0.1, 0.15) is 0 Å². The number of nitrogens with one attached hydrogen (secondary N) is 1. The van der Waals surface area contributed by atoms with Crippen LogP contribution in [0.2, 0.25) is 0 Å². The molecule has 0 rings (SSSR count). The summed E-state index contributed by atoms with van der Waals surface area (Å²) >= 11 is 0. The first kappa shape index (κ1) is 14.4. The normalized spacial score (nSPS) is 15.1. The summed E-state index contributed by atoms with van der Waals surface area (Å²) in [5.41, 5.74) is 0. The maximum Gasteiger partial charge on any atom is 0.226 e. The molecule has 0 fully saturated rings. The molecular weight excluding hydrogens is 188 g/mol. The van der Waals surface area contributed by atoms with Gasteiger partial charge in [0.05, 0.1) is 0 Å². The molecule has 0 aliphatic carbocycles. The number of rotatable bonds is 6. The van der Waals surface area contributed by atoms with Gasteiger partial charge in [-0.15, -0.1) is 0 Å². The predicted octanol–water partition coefficient (Wildman–Crippen LogP) is 1.73. The molecule has 0 aliphatic heterocycles. The highest BCUT2D eigenvalue weighted by Gasteiger charge is 2.22.